The van der Waals surface area contributed by atoms with Gasteiger partial charge in [-0.15, -0.1) is 0 Å². The number of methoxy groups -OCH3 is 2. The van der Waals surface area contributed by atoms with E-state index in [1.807, 2.05) is 92.7 Å². The van der Waals surface area contributed by atoms with Gasteiger partial charge in [0.1, 0.15) is 17.5 Å². The lowest BCUT2D eigenvalue weighted by Crippen LogP contribution is -2.44. The van der Waals surface area contributed by atoms with Gasteiger partial charge in [-0.2, -0.15) is 0 Å². The van der Waals surface area contributed by atoms with Crippen molar-refractivity contribution in [2.75, 3.05) is 14.2 Å². The van der Waals surface area contributed by atoms with Crippen LogP contribution in [0.25, 0.3) is 0 Å². The minimum Gasteiger partial charge on any atom is -0.497 e. The monoisotopic (exact) mass is 460 g/mol. The minimum atomic E-state index is -0.767. The van der Waals surface area contributed by atoms with E-state index in [1.165, 1.54) is 0 Å². The van der Waals surface area contributed by atoms with Gasteiger partial charge < -0.3 is 19.7 Å². The summed E-state index contributed by atoms with van der Waals surface area (Å²) < 4.78 is 10.5. The Hall–Kier alpha value is -3.80. The van der Waals surface area contributed by atoms with E-state index >= 15 is 0 Å². The SMILES string of the molecule is COc1ccc(CNC(=O)[C@@H](c2ccccc2)N(Cc2ccc(OC)cc2)C(=O)C(C)C)cc1. The molecule has 0 fully saturated rings. The van der Waals surface area contributed by atoms with Crippen LogP contribution in [0.15, 0.2) is 78.9 Å². The summed E-state index contributed by atoms with van der Waals surface area (Å²) in [6, 6.07) is 23.7. The lowest BCUT2D eigenvalue weighted by Gasteiger charge is -2.33. The maximum Gasteiger partial charge on any atom is 0.247 e. The molecule has 0 saturated heterocycles. The van der Waals surface area contributed by atoms with E-state index in [0.29, 0.717) is 13.1 Å². The first-order chi connectivity index (χ1) is 16.4. The second-order valence-electron chi connectivity index (χ2n) is 8.35. The number of rotatable bonds is 10. The molecule has 6 heteroatoms. The average Bonchev–Trinajstić information content (AvgIpc) is 2.88. The standard InChI is InChI=1S/C28H32N2O4/c1-20(2)28(32)30(19-22-12-16-25(34-4)17-13-22)26(23-8-6-5-7-9-23)27(31)29-18-21-10-14-24(33-3)15-11-21/h5-17,20,26H,18-19H2,1-4H3,(H,29,31)/t26-/m1/s1. The summed E-state index contributed by atoms with van der Waals surface area (Å²) in [6.07, 6.45) is 0. The summed E-state index contributed by atoms with van der Waals surface area (Å²) in [5, 5.41) is 3.02. The van der Waals surface area contributed by atoms with Gasteiger partial charge in [0.2, 0.25) is 11.8 Å². The van der Waals surface area contributed by atoms with Crippen LogP contribution in [0.1, 0.15) is 36.6 Å². The smallest absolute Gasteiger partial charge is 0.247 e. The number of nitrogens with zero attached hydrogens (tertiary/aromatic N) is 1. The van der Waals surface area contributed by atoms with Crippen molar-refractivity contribution < 1.29 is 19.1 Å². The summed E-state index contributed by atoms with van der Waals surface area (Å²) in [6.45, 7) is 4.34. The molecule has 0 aliphatic heterocycles. The van der Waals surface area contributed by atoms with Crippen LogP contribution in [-0.2, 0) is 22.7 Å². The molecule has 0 saturated carbocycles. The van der Waals surface area contributed by atoms with Gasteiger partial charge in [-0.05, 0) is 41.0 Å². The third kappa shape index (κ3) is 6.38. The van der Waals surface area contributed by atoms with Crippen LogP contribution < -0.4 is 14.8 Å². The van der Waals surface area contributed by atoms with Gasteiger partial charge in [-0.1, -0.05) is 68.4 Å². The lowest BCUT2D eigenvalue weighted by molar-refractivity contribution is -0.144. The Bertz CT molecular complexity index is 1060. The number of hydrogen-bond donors (Lipinski definition) is 1. The number of amides is 2. The molecule has 6 nitrogen and oxygen atoms in total. The molecular weight excluding hydrogens is 428 g/mol. The van der Waals surface area contributed by atoms with Gasteiger partial charge in [-0.25, -0.2) is 0 Å². The highest BCUT2D eigenvalue weighted by molar-refractivity contribution is 5.89. The maximum atomic E-state index is 13.5. The quantitative estimate of drug-likeness (QED) is 0.474. The Morgan fingerprint density at radius 1 is 0.794 bits per heavy atom. The van der Waals surface area contributed by atoms with Crippen LogP contribution in [-0.4, -0.2) is 30.9 Å². The number of nitrogens with one attached hydrogen (secondary N) is 1. The van der Waals surface area contributed by atoms with E-state index in [4.69, 9.17) is 9.47 Å². The molecule has 0 radical (unpaired) electrons. The van der Waals surface area contributed by atoms with Crippen molar-refractivity contribution >= 4 is 11.8 Å². The lowest BCUT2D eigenvalue weighted by atomic mass is 10.0. The summed E-state index contributed by atoms with van der Waals surface area (Å²) in [5.74, 6) is 0.903. The maximum absolute atomic E-state index is 13.5. The first-order valence-corrected chi connectivity index (χ1v) is 11.3. The van der Waals surface area contributed by atoms with Gasteiger partial charge in [0.05, 0.1) is 14.2 Å². The van der Waals surface area contributed by atoms with Gasteiger partial charge in [0, 0.05) is 19.0 Å². The summed E-state index contributed by atoms with van der Waals surface area (Å²) in [5.41, 5.74) is 2.62. The van der Waals surface area contributed by atoms with Crippen molar-refractivity contribution in [1.29, 1.82) is 0 Å². The van der Waals surface area contributed by atoms with E-state index in [0.717, 1.165) is 28.2 Å². The first kappa shape index (κ1) is 24.8. The first-order valence-electron chi connectivity index (χ1n) is 11.3. The molecule has 3 aromatic carbocycles. The van der Waals surface area contributed by atoms with Crippen LogP contribution in [0.4, 0.5) is 0 Å². The second-order valence-corrected chi connectivity index (χ2v) is 8.35. The Labute approximate surface area is 201 Å². The van der Waals surface area contributed by atoms with Gasteiger partial charge in [-0.3, -0.25) is 9.59 Å². The van der Waals surface area contributed by atoms with Gasteiger partial charge in [0.25, 0.3) is 0 Å². The molecule has 3 rings (SSSR count). The molecule has 0 aromatic heterocycles. The molecule has 0 aliphatic rings. The molecule has 0 aliphatic carbocycles. The normalized spacial score (nSPS) is 11.6. The summed E-state index contributed by atoms with van der Waals surface area (Å²) in [7, 11) is 3.23. The van der Waals surface area contributed by atoms with Crippen LogP contribution in [0.3, 0.4) is 0 Å². The minimum absolute atomic E-state index is 0.0933. The molecule has 1 N–H and O–H groups in total. The predicted octanol–water partition coefficient (Wildman–Crippen LogP) is 4.75. The fraction of sp³-hybridized carbons (Fsp3) is 0.286. The topological polar surface area (TPSA) is 67.9 Å². The number of hydrogen-bond acceptors (Lipinski definition) is 4. The highest BCUT2D eigenvalue weighted by atomic mass is 16.5. The average molecular weight is 461 g/mol. The molecule has 3 aromatic rings. The van der Waals surface area contributed by atoms with Crippen LogP contribution in [0, 0.1) is 5.92 Å². The van der Waals surface area contributed by atoms with Crippen molar-refractivity contribution in [3.8, 4) is 11.5 Å². The number of carbonyl (C=O) groups is 2. The van der Waals surface area contributed by atoms with E-state index in [1.54, 1.807) is 19.1 Å². The zero-order valence-electron chi connectivity index (χ0n) is 20.2. The Kier molecular flexibility index (Phi) is 8.68. The summed E-state index contributed by atoms with van der Waals surface area (Å²) >= 11 is 0. The highest BCUT2D eigenvalue weighted by Crippen LogP contribution is 2.26. The van der Waals surface area contributed by atoms with Crippen molar-refractivity contribution in [2.45, 2.75) is 33.0 Å². The Morgan fingerprint density at radius 2 is 1.32 bits per heavy atom. The number of benzene rings is 3. The van der Waals surface area contributed by atoms with Crippen molar-refractivity contribution in [3.05, 3.63) is 95.6 Å². The summed E-state index contributed by atoms with van der Waals surface area (Å²) in [4.78, 5) is 28.5. The molecular formula is C28H32N2O4. The molecule has 0 spiro atoms. The van der Waals surface area contributed by atoms with Crippen molar-refractivity contribution in [1.82, 2.24) is 10.2 Å². The highest BCUT2D eigenvalue weighted by Gasteiger charge is 2.32. The largest absolute Gasteiger partial charge is 0.497 e. The molecule has 178 valence electrons. The molecule has 1 atom stereocenters. The van der Waals surface area contributed by atoms with E-state index in [9.17, 15) is 9.59 Å². The number of carbonyl (C=O) groups excluding carboxylic acids is 2. The fourth-order valence-electron chi connectivity index (χ4n) is 3.69. The van der Waals surface area contributed by atoms with Crippen molar-refractivity contribution in [2.24, 2.45) is 5.92 Å². The van der Waals surface area contributed by atoms with Crippen molar-refractivity contribution in [3.63, 3.8) is 0 Å². The van der Waals surface area contributed by atoms with E-state index in [2.05, 4.69) is 5.32 Å². The number of ether oxygens (including phenoxy) is 2. The Morgan fingerprint density at radius 3 is 1.82 bits per heavy atom. The third-order valence-electron chi connectivity index (χ3n) is 5.59. The fourth-order valence-corrected chi connectivity index (χ4v) is 3.69. The zero-order chi connectivity index (χ0) is 24.5. The van der Waals surface area contributed by atoms with Gasteiger partial charge >= 0.3 is 0 Å². The van der Waals surface area contributed by atoms with Crippen LogP contribution in [0.2, 0.25) is 0 Å². The molecule has 0 heterocycles. The van der Waals surface area contributed by atoms with E-state index in [-0.39, 0.29) is 17.7 Å². The van der Waals surface area contributed by atoms with Crippen LogP contribution in [0.5, 0.6) is 11.5 Å². The second kappa shape index (κ2) is 11.9. The third-order valence-corrected chi connectivity index (χ3v) is 5.59. The zero-order valence-corrected chi connectivity index (χ0v) is 20.2. The molecule has 2 amide bonds. The van der Waals surface area contributed by atoms with Gasteiger partial charge in [0.15, 0.2) is 0 Å². The Balaban J connectivity index is 1.90. The predicted molar refractivity (Wildman–Crippen MR) is 132 cm³/mol. The molecule has 0 unspecified atom stereocenters. The van der Waals surface area contributed by atoms with E-state index < -0.39 is 6.04 Å². The van der Waals surface area contributed by atoms with Crippen LogP contribution >= 0.6 is 0 Å². The molecule has 0 bridgehead atoms. The molecule has 34 heavy (non-hydrogen) atoms.